The van der Waals surface area contributed by atoms with Gasteiger partial charge in [-0.05, 0) is 47.3 Å². The lowest BCUT2D eigenvalue weighted by Gasteiger charge is -2.06. The van der Waals surface area contributed by atoms with E-state index in [0.29, 0.717) is 26.4 Å². The second-order valence-corrected chi connectivity index (χ2v) is 8.60. The van der Waals surface area contributed by atoms with E-state index in [2.05, 4.69) is 0 Å². The van der Waals surface area contributed by atoms with E-state index in [-0.39, 0.29) is 10.6 Å². The van der Waals surface area contributed by atoms with Crippen molar-refractivity contribution >= 4 is 42.9 Å². The molecule has 0 aliphatic heterocycles. The van der Waals surface area contributed by atoms with Gasteiger partial charge in [-0.2, -0.15) is 0 Å². The summed E-state index contributed by atoms with van der Waals surface area (Å²) in [5.74, 6) is 0.397. The summed E-state index contributed by atoms with van der Waals surface area (Å²) < 4.78 is 30.6. The van der Waals surface area contributed by atoms with Crippen LogP contribution in [0.2, 0.25) is 5.02 Å². The predicted molar refractivity (Wildman–Crippen MR) is 97.0 cm³/mol. The van der Waals surface area contributed by atoms with Gasteiger partial charge in [-0.3, -0.25) is 4.79 Å². The van der Waals surface area contributed by atoms with Gasteiger partial charge in [-0.25, -0.2) is 8.42 Å². The van der Waals surface area contributed by atoms with Gasteiger partial charge in [0, 0.05) is 9.72 Å². The fraction of sp³-hybridized carbons (Fsp3) is 0.118. The van der Waals surface area contributed by atoms with Crippen molar-refractivity contribution in [1.82, 2.24) is 0 Å². The molecule has 0 amide bonds. The highest BCUT2D eigenvalue weighted by molar-refractivity contribution is 7.90. The van der Waals surface area contributed by atoms with Crippen LogP contribution in [0.15, 0.2) is 58.2 Å². The molecule has 124 valence electrons. The molecule has 2 aromatic carbocycles. The second-order valence-electron chi connectivity index (χ2n) is 5.19. The maximum Gasteiger partial charge on any atom is 0.251 e. The molecular formula is C17H13ClO4S2. The third-order valence-electron chi connectivity index (χ3n) is 3.51. The Balaban J connectivity index is 2.03. The molecule has 3 aromatic rings. The number of hydrogen-bond donors (Lipinski definition) is 0. The number of rotatable bonds is 4. The number of halogens is 1. The molecule has 3 rings (SSSR count). The summed E-state index contributed by atoms with van der Waals surface area (Å²) in [6.45, 7) is 0. The Bertz CT molecular complexity index is 1050. The van der Waals surface area contributed by atoms with Gasteiger partial charge >= 0.3 is 0 Å². The maximum absolute atomic E-state index is 12.6. The molecular weight excluding hydrogens is 368 g/mol. The van der Waals surface area contributed by atoms with E-state index < -0.39 is 14.6 Å². The van der Waals surface area contributed by atoms with Crippen molar-refractivity contribution in [3.05, 3.63) is 68.7 Å². The molecule has 0 saturated heterocycles. The molecule has 0 saturated carbocycles. The zero-order valence-electron chi connectivity index (χ0n) is 12.7. The highest BCUT2D eigenvalue weighted by atomic mass is 35.5. The molecule has 1 aromatic heterocycles. The molecule has 24 heavy (non-hydrogen) atoms. The van der Waals surface area contributed by atoms with Crippen LogP contribution in [0.25, 0.3) is 10.1 Å². The average molecular weight is 381 g/mol. The summed E-state index contributed by atoms with van der Waals surface area (Å²) in [5, 5.41) is 1.13. The van der Waals surface area contributed by atoms with Crippen molar-refractivity contribution < 1.29 is 13.2 Å². The van der Waals surface area contributed by atoms with E-state index in [0.717, 1.165) is 11.3 Å². The van der Waals surface area contributed by atoms with Gasteiger partial charge < -0.3 is 4.74 Å². The van der Waals surface area contributed by atoms with Crippen molar-refractivity contribution in [3.63, 3.8) is 0 Å². The SMILES string of the molecule is COc1ccc(CS(=O)(=O)c2cc3cc(Cl)ccc3sc2=O)cc1. The lowest BCUT2D eigenvalue weighted by atomic mass is 10.2. The van der Waals surface area contributed by atoms with Crippen molar-refractivity contribution in [2.24, 2.45) is 0 Å². The third kappa shape index (κ3) is 3.45. The van der Waals surface area contributed by atoms with Gasteiger partial charge in [0.2, 0.25) is 0 Å². The molecule has 0 N–H and O–H groups in total. The molecule has 0 fully saturated rings. The van der Waals surface area contributed by atoms with Crippen LogP contribution >= 0.6 is 22.9 Å². The van der Waals surface area contributed by atoms with Gasteiger partial charge in [-0.1, -0.05) is 35.1 Å². The Kier molecular flexibility index (Phi) is 4.62. The molecule has 7 heteroatoms. The summed E-state index contributed by atoms with van der Waals surface area (Å²) in [7, 11) is -2.22. The third-order valence-corrected chi connectivity index (χ3v) is 6.56. The molecule has 0 bridgehead atoms. The number of hydrogen-bond acceptors (Lipinski definition) is 5. The molecule has 0 radical (unpaired) electrons. The minimum Gasteiger partial charge on any atom is -0.497 e. The topological polar surface area (TPSA) is 60.4 Å². The largest absolute Gasteiger partial charge is 0.497 e. The fourth-order valence-corrected chi connectivity index (χ4v) is 5.08. The minimum absolute atomic E-state index is 0.196. The van der Waals surface area contributed by atoms with E-state index in [4.69, 9.17) is 16.3 Å². The lowest BCUT2D eigenvalue weighted by Crippen LogP contribution is -2.14. The highest BCUT2D eigenvalue weighted by Gasteiger charge is 2.20. The van der Waals surface area contributed by atoms with Gasteiger partial charge in [-0.15, -0.1) is 0 Å². The van der Waals surface area contributed by atoms with Crippen LogP contribution in [0.3, 0.4) is 0 Å². The summed E-state index contributed by atoms with van der Waals surface area (Å²) in [6, 6.07) is 13.1. The number of methoxy groups -OCH3 is 1. The first kappa shape index (κ1) is 17.0. The van der Waals surface area contributed by atoms with Crippen LogP contribution in [-0.4, -0.2) is 15.5 Å². The summed E-state index contributed by atoms with van der Waals surface area (Å²) in [6.07, 6.45) is 0. The van der Waals surface area contributed by atoms with Gasteiger partial charge in [0.25, 0.3) is 4.74 Å². The van der Waals surface area contributed by atoms with Crippen molar-refractivity contribution in [3.8, 4) is 5.75 Å². The quantitative estimate of drug-likeness (QED) is 0.688. The number of benzene rings is 2. The molecule has 0 unspecified atom stereocenters. The zero-order chi connectivity index (χ0) is 17.3. The molecule has 1 heterocycles. The smallest absolute Gasteiger partial charge is 0.251 e. The molecule has 0 aliphatic carbocycles. The van der Waals surface area contributed by atoms with E-state index in [1.165, 1.54) is 13.2 Å². The van der Waals surface area contributed by atoms with Crippen LogP contribution in [0, 0.1) is 0 Å². The van der Waals surface area contributed by atoms with Gasteiger partial charge in [0.05, 0.1) is 12.9 Å². The molecule has 0 spiro atoms. The zero-order valence-corrected chi connectivity index (χ0v) is 15.0. The summed E-state index contributed by atoms with van der Waals surface area (Å²) >= 11 is 6.86. The van der Waals surface area contributed by atoms with E-state index in [1.807, 2.05) is 0 Å². The highest BCUT2D eigenvalue weighted by Crippen LogP contribution is 2.25. The van der Waals surface area contributed by atoms with Gasteiger partial charge in [0.15, 0.2) is 9.84 Å². The minimum atomic E-state index is -3.75. The Labute approximate surface area is 148 Å². The van der Waals surface area contributed by atoms with E-state index >= 15 is 0 Å². The first-order valence-corrected chi connectivity index (χ1v) is 9.83. The number of fused-ring (bicyclic) bond motifs is 1. The summed E-state index contributed by atoms with van der Waals surface area (Å²) in [5.41, 5.74) is 0.589. The number of ether oxygens (including phenoxy) is 1. The van der Waals surface area contributed by atoms with Crippen LogP contribution < -0.4 is 9.48 Å². The van der Waals surface area contributed by atoms with Crippen molar-refractivity contribution in [1.29, 1.82) is 0 Å². The molecule has 4 nitrogen and oxygen atoms in total. The average Bonchev–Trinajstić information content (AvgIpc) is 2.55. The normalized spacial score (nSPS) is 11.6. The second kappa shape index (κ2) is 6.55. The Morgan fingerprint density at radius 1 is 1.08 bits per heavy atom. The van der Waals surface area contributed by atoms with Crippen molar-refractivity contribution in [2.75, 3.05) is 7.11 Å². The molecule has 0 aliphatic rings. The fourth-order valence-electron chi connectivity index (χ4n) is 2.31. The van der Waals surface area contributed by atoms with Crippen LogP contribution in [-0.2, 0) is 15.6 Å². The Morgan fingerprint density at radius 3 is 2.46 bits per heavy atom. The van der Waals surface area contributed by atoms with Crippen molar-refractivity contribution in [2.45, 2.75) is 10.6 Å². The maximum atomic E-state index is 12.6. The Hall–Kier alpha value is -1.89. The van der Waals surface area contributed by atoms with Crippen LogP contribution in [0.5, 0.6) is 5.75 Å². The monoisotopic (exact) mass is 380 g/mol. The molecule has 0 atom stereocenters. The Morgan fingerprint density at radius 2 is 1.79 bits per heavy atom. The van der Waals surface area contributed by atoms with Crippen LogP contribution in [0.1, 0.15) is 5.56 Å². The number of sulfone groups is 1. The van der Waals surface area contributed by atoms with E-state index in [1.54, 1.807) is 42.5 Å². The van der Waals surface area contributed by atoms with E-state index in [9.17, 15) is 13.2 Å². The standard InChI is InChI=1S/C17H13ClO4S2/c1-22-14-5-2-11(3-6-14)10-24(20,21)16-9-12-8-13(18)4-7-15(12)23-17(16)19/h2-9H,10H2,1H3. The summed E-state index contributed by atoms with van der Waals surface area (Å²) in [4.78, 5) is 12.0. The van der Waals surface area contributed by atoms with Gasteiger partial charge in [0.1, 0.15) is 10.6 Å². The predicted octanol–water partition coefficient (Wildman–Crippen LogP) is 3.90. The first-order chi connectivity index (χ1) is 11.4. The lowest BCUT2D eigenvalue weighted by molar-refractivity contribution is 0.414. The first-order valence-electron chi connectivity index (χ1n) is 6.98. The van der Waals surface area contributed by atoms with Crippen LogP contribution in [0.4, 0.5) is 0 Å².